The number of hydrogen-bond acceptors (Lipinski definition) is 10. The zero-order valence-corrected chi connectivity index (χ0v) is 29.6. The van der Waals surface area contributed by atoms with Crippen molar-refractivity contribution in [3.8, 4) is 0 Å². The van der Waals surface area contributed by atoms with Crippen LogP contribution in [-0.4, -0.2) is 130 Å². The van der Waals surface area contributed by atoms with Crippen LogP contribution in [0.15, 0.2) is 36.4 Å². The Morgan fingerprint density at radius 1 is 0.870 bits per heavy atom. The van der Waals surface area contributed by atoms with E-state index >= 15 is 0 Å². The number of ether oxygens (including phenoxy) is 1. The molecule has 0 spiro atoms. The molecule has 1 fully saturated rings. The van der Waals surface area contributed by atoms with E-state index < -0.39 is 60.5 Å². The Labute approximate surface area is 310 Å². The molecule has 2 heterocycles. The summed E-state index contributed by atoms with van der Waals surface area (Å²) in [5.41, 5.74) is 6.01. The van der Waals surface area contributed by atoms with Crippen LogP contribution in [0.4, 0.5) is 20.1 Å². The maximum atomic E-state index is 13.2. The molecule has 1 aromatic carbocycles. The van der Waals surface area contributed by atoms with Crippen molar-refractivity contribution in [1.29, 1.82) is 0 Å². The Kier molecular flexibility index (Phi) is 16.7. The van der Waals surface area contributed by atoms with Gasteiger partial charge < -0.3 is 51.8 Å². The van der Waals surface area contributed by atoms with Gasteiger partial charge in [-0.05, 0) is 49.8 Å². The number of primary amides is 1. The third-order valence-electron chi connectivity index (χ3n) is 8.52. The number of amides is 9. The summed E-state index contributed by atoms with van der Waals surface area (Å²) >= 11 is 0. The number of unbranched alkanes of at least 4 members (excludes halogenated alkanes) is 2. The molecule has 294 valence electrons. The SMILES string of the molecule is NC(=O)NCCC[C@H](NC(=O)CNC(=O)CCCCCN1C(=O)C=CC1=O)C(=O)Nc1ccc(COC(=O)N2CCN(C(=O)O)CC2CCC(=O)O)cc1. The molecule has 2 aliphatic rings. The number of urea groups is 1. The van der Waals surface area contributed by atoms with E-state index in [4.69, 9.17) is 15.6 Å². The van der Waals surface area contributed by atoms with E-state index in [1.54, 1.807) is 24.3 Å². The van der Waals surface area contributed by atoms with Gasteiger partial charge in [0.25, 0.3) is 11.8 Å². The van der Waals surface area contributed by atoms with Gasteiger partial charge in [-0.25, -0.2) is 14.4 Å². The first-order valence-electron chi connectivity index (χ1n) is 17.4. The number of nitrogens with two attached hydrogens (primary N) is 1. The van der Waals surface area contributed by atoms with Gasteiger partial charge in [-0.3, -0.25) is 33.7 Å². The summed E-state index contributed by atoms with van der Waals surface area (Å²) in [5, 5.41) is 28.6. The van der Waals surface area contributed by atoms with Crippen molar-refractivity contribution < 1.29 is 58.1 Å². The first kappa shape index (κ1) is 42.2. The molecular formula is C34H46N8O12. The van der Waals surface area contributed by atoms with Gasteiger partial charge in [0, 0.05) is 63.4 Å². The largest absolute Gasteiger partial charge is 0.481 e. The minimum absolute atomic E-state index is 0.0379. The fourth-order valence-electron chi connectivity index (χ4n) is 5.63. The van der Waals surface area contributed by atoms with Gasteiger partial charge in [0.05, 0.1) is 12.6 Å². The lowest BCUT2D eigenvalue weighted by Crippen LogP contribution is -2.56. The summed E-state index contributed by atoms with van der Waals surface area (Å²) in [6, 6.07) is 3.82. The smallest absolute Gasteiger partial charge is 0.410 e. The number of piperazine rings is 1. The fraction of sp³-hybridized carbons (Fsp3) is 0.500. The van der Waals surface area contributed by atoms with Crippen molar-refractivity contribution in [3.63, 3.8) is 0 Å². The molecule has 0 radical (unpaired) electrons. The average molecular weight is 759 g/mol. The van der Waals surface area contributed by atoms with Crippen LogP contribution in [0.2, 0.25) is 0 Å². The molecule has 0 aromatic heterocycles. The first-order chi connectivity index (χ1) is 25.7. The Hall–Kier alpha value is -6.21. The third kappa shape index (κ3) is 14.4. The summed E-state index contributed by atoms with van der Waals surface area (Å²) in [7, 11) is 0. The van der Waals surface area contributed by atoms with E-state index in [1.165, 1.54) is 17.1 Å². The second-order valence-electron chi connectivity index (χ2n) is 12.6. The lowest BCUT2D eigenvalue weighted by Gasteiger charge is -2.39. The highest BCUT2D eigenvalue weighted by Gasteiger charge is 2.33. The number of carbonyl (C=O) groups is 9. The zero-order valence-electron chi connectivity index (χ0n) is 29.6. The number of imide groups is 1. The molecule has 8 N–H and O–H groups in total. The summed E-state index contributed by atoms with van der Waals surface area (Å²) in [5.74, 6) is -3.41. The van der Waals surface area contributed by atoms with Gasteiger partial charge in [-0.2, -0.15) is 0 Å². The predicted molar refractivity (Wildman–Crippen MR) is 188 cm³/mol. The highest BCUT2D eigenvalue weighted by Crippen LogP contribution is 2.18. The van der Waals surface area contributed by atoms with E-state index in [-0.39, 0.29) is 83.2 Å². The van der Waals surface area contributed by atoms with E-state index in [9.17, 15) is 48.3 Å². The van der Waals surface area contributed by atoms with Crippen LogP contribution in [0.5, 0.6) is 0 Å². The number of carboxylic acids is 1. The molecule has 1 unspecified atom stereocenters. The molecule has 0 aliphatic carbocycles. The van der Waals surface area contributed by atoms with Crippen LogP contribution in [-0.2, 0) is 40.1 Å². The first-order valence-corrected chi connectivity index (χ1v) is 17.4. The second kappa shape index (κ2) is 21.3. The van der Waals surface area contributed by atoms with Crippen molar-refractivity contribution in [3.05, 3.63) is 42.0 Å². The van der Waals surface area contributed by atoms with E-state index in [0.717, 1.165) is 9.80 Å². The maximum Gasteiger partial charge on any atom is 0.410 e. The number of hydrogen-bond donors (Lipinski definition) is 7. The highest BCUT2D eigenvalue weighted by atomic mass is 16.6. The Balaban J connectivity index is 1.46. The molecule has 3 rings (SSSR count). The molecule has 0 saturated carbocycles. The van der Waals surface area contributed by atoms with Crippen LogP contribution in [0.25, 0.3) is 0 Å². The zero-order chi connectivity index (χ0) is 39.6. The van der Waals surface area contributed by atoms with Gasteiger partial charge in [0.15, 0.2) is 0 Å². The molecule has 54 heavy (non-hydrogen) atoms. The Bertz CT molecular complexity index is 1570. The second-order valence-corrected chi connectivity index (χ2v) is 12.6. The molecular weight excluding hydrogens is 712 g/mol. The monoisotopic (exact) mass is 758 g/mol. The predicted octanol–water partition coefficient (Wildman–Crippen LogP) is 0.326. The number of anilines is 1. The Morgan fingerprint density at radius 2 is 1.57 bits per heavy atom. The molecule has 20 heteroatoms. The van der Waals surface area contributed by atoms with Crippen molar-refractivity contribution in [2.45, 2.75) is 70.1 Å². The fourth-order valence-corrected chi connectivity index (χ4v) is 5.63. The lowest BCUT2D eigenvalue weighted by atomic mass is 10.1. The highest BCUT2D eigenvalue weighted by molar-refractivity contribution is 6.12. The molecule has 20 nitrogen and oxygen atoms in total. The van der Waals surface area contributed by atoms with Crippen molar-refractivity contribution in [1.82, 2.24) is 30.7 Å². The van der Waals surface area contributed by atoms with Crippen LogP contribution in [0.1, 0.15) is 56.9 Å². The number of carboxylic acid groups (broad SMARTS) is 2. The normalized spacial score (nSPS) is 15.7. The van der Waals surface area contributed by atoms with Gasteiger partial charge in [-0.1, -0.05) is 18.6 Å². The number of nitrogens with zero attached hydrogens (tertiary/aromatic N) is 3. The molecule has 2 aliphatic heterocycles. The standard InChI is InChI=1S/C34H46N8O12/c35-32(50)36-15-4-5-25(39-27(44)19-37-26(43)6-2-1-3-16-42-28(45)12-13-29(42)46)31(49)38-23-9-7-22(8-10-23)21-54-34(53)41-18-17-40(33(51)52)20-24(41)11-14-30(47)48/h7-10,12-13,24-25H,1-6,11,14-21H2,(H,37,43)(H,38,49)(H,39,44)(H,47,48)(H,51,52)(H3,35,36,50)/t24?,25-/m0/s1. The van der Waals surface area contributed by atoms with E-state index in [0.29, 0.717) is 30.5 Å². The topological polar surface area (TPSA) is 287 Å². The molecule has 2 atom stereocenters. The van der Waals surface area contributed by atoms with Gasteiger partial charge in [-0.15, -0.1) is 0 Å². The summed E-state index contributed by atoms with van der Waals surface area (Å²) in [4.78, 5) is 111. The molecule has 1 aromatic rings. The lowest BCUT2D eigenvalue weighted by molar-refractivity contribution is -0.138. The van der Waals surface area contributed by atoms with Crippen LogP contribution in [0.3, 0.4) is 0 Å². The molecule has 0 bridgehead atoms. The van der Waals surface area contributed by atoms with E-state index in [1.807, 2.05) is 0 Å². The summed E-state index contributed by atoms with van der Waals surface area (Å²) in [6.07, 6.45) is 2.40. The number of benzene rings is 1. The van der Waals surface area contributed by atoms with Crippen LogP contribution in [0, 0.1) is 0 Å². The third-order valence-corrected chi connectivity index (χ3v) is 8.52. The maximum absolute atomic E-state index is 13.2. The number of aliphatic carboxylic acids is 1. The van der Waals surface area contributed by atoms with Crippen LogP contribution < -0.4 is 27.0 Å². The Morgan fingerprint density at radius 3 is 2.22 bits per heavy atom. The minimum Gasteiger partial charge on any atom is -0.481 e. The van der Waals surface area contributed by atoms with Gasteiger partial charge >= 0.3 is 24.2 Å². The number of carbonyl (C=O) groups excluding carboxylic acids is 7. The minimum atomic E-state index is -1.17. The summed E-state index contributed by atoms with van der Waals surface area (Å²) in [6.45, 7) is -0.113. The molecule has 1 saturated heterocycles. The van der Waals surface area contributed by atoms with E-state index in [2.05, 4.69) is 21.3 Å². The van der Waals surface area contributed by atoms with Crippen molar-refractivity contribution >= 4 is 59.4 Å². The van der Waals surface area contributed by atoms with Crippen molar-refractivity contribution in [2.75, 3.05) is 44.6 Å². The number of rotatable bonds is 20. The number of nitrogens with one attached hydrogen (secondary N) is 4. The summed E-state index contributed by atoms with van der Waals surface area (Å²) < 4.78 is 5.42. The van der Waals surface area contributed by atoms with Gasteiger partial charge in [0.2, 0.25) is 17.7 Å². The van der Waals surface area contributed by atoms with Crippen molar-refractivity contribution in [2.24, 2.45) is 5.73 Å². The molecule has 9 amide bonds. The average Bonchev–Trinajstić information content (AvgIpc) is 3.45. The quantitative estimate of drug-likeness (QED) is 0.0700. The van der Waals surface area contributed by atoms with Crippen LogP contribution >= 0.6 is 0 Å². The van der Waals surface area contributed by atoms with Gasteiger partial charge in [0.1, 0.15) is 12.6 Å².